The summed E-state index contributed by atoms with van der Waals surface area (Å²) in [5.41, 5.74) is 1.53. The lowest BCUT2D eigenvalue weighted by Gasteiger charge is -2.23. The van der Waals surface area contributed by atoms with Gasteiger partial charge in [-0.1, -0.05) is 0 Å². The van der Waals surface area contributed by atoms with Gasteiger partial charge in [-0.15, -0.1) is 11.3 Å². The minimum absolute atomic E-state index is 0.533. The van der Waals surface area contributed by atoms with Crippen LogP contribution < -0.4 is 5.32 Å². The van der Waals surface area contributed by atoms with E-state index >= 15 is 0 Å². The van der Waals surface area contributed by atoms with Gasteiger partial charge in [-0.3, -0.25) is 0 Å². The molecule has 1 aromatic rings. The van der Waals surface area contributed by atoms with Crippen LogP contribution in [0.15, 0.2) is 6.07 Å². The molecule has 1 nitrogen and oxygen atoms in total. The van der Waals surface area contributed by atoms with Crippen molar-refractivity contribution in [3.8, 4) is 0 Å². The first-order chi connectivity index (χ1) is 8.15. The third-order valence-corrected chi connectivity index (χ3v) is 5.23. The highest BCUT2D eigenvalue weighted by Crippen LogP contribution is 2.45. The molecule has 2 heteroatoms. The molecule has 2 saturated carbocycles. The van der Waals surface area contributed by atoms with E-state index in [0.29, 0.717) is 6.04 Å². The van der Waals surface area contributed by atoms with Gasteiger partial charge in [0, 0.05) is 21.8 Å². The Balaban J connectivity index is 1.68. The van der Waals surface area contributed by atoms with Crippen molar-refractivity contribution in [2.24, 2.45) is 11.8 Å². The van der Waals surface area contributed by atoms with Gasteiger partial charge in [0.15, 0.2) is 0 Å². The molecule has 0 saturated heterocycles. The normalized spacial score (nSPS) is 22.1. The van der Waals surface area contributed by atoms with E-state index in [2.05, 4.69) is 32.2 Å². The summed E-state index contributed by atoms with van der Waals surface area (Å²) in [5, 5.41) is 3.92. The molecular formula is C15H23NS. The molecular weight excluding hydrogens is 226 g/mol. The van der Waals surface area contributed by atoms with Crippen LogP contribution in [0.25, 0.3) is 0 Å². The molecule has 1 N–H and O–H groups in total. The lowest BCUT2D eigenvalue weighted by Crippen LogP contribution is -2.35. The van der Waals surface area contributed by atoms with Crippen molar-refractivity contribution < 1.29 is 0 Å². The smallest absolute Gasteiger partial charge is 0.0305 e. The lowest BCUT2D eigenvalue weighted by atomic mass is 10.0. The van der Waals surface area contributed by atoms with Gasteiger partial charge in [-0.2, -0.15) is 0 Å². The molecule has 1 unspecified atom stereocenters. The second kappa shape index (κ2) is 4.40. The van der Waals surface area contributed by atoms with Crippen LogP contribution in [0.4, 0.5) is 0 Å². The first-order valence-electron chi connectivity index (χ1n) is 6.98. The molecule has 2 aliphatic rings. The number of rotatable bonds is 5. The first-order valence-corrected chi connectivity index (χ1v) is 7.80. The maximum atomic E-state index is 3.92. The van der Waals surface area contributed by atoms with Crippen molar-refractivity contribution in [3.05, 3.63) is 21.4 Å². The van der Waals surface area contributed by atoms with E-state index in [-0.39, 0.29) is 0 Å². The fourth-order valence-electron chi connectivity index (χ4n) is 3.03. The highest BCUT2D eigenvalue weighted by Gasteiger charge is 2.41. The molecule has 3 rings (SSSR count). The highest BCUT2D eigenvalue weighted by atomic mass is 32.1. The Morgan fingerprint density at radius 1 is 1.18 bits per heavy atom. The zero-order chi connectivity index (χ0) is 12.0. The van der Waals surface area contributed by atoms with Crippen molar-refractivity contribution in [1.29, 1.82) is 0 Å². The van der Waals surface area contributed by atoms with E-state index in [0.717, 1.165) is 17.9 Å². The van der Waals surface area contributed by atoms with Gasteiger partial charge in [0.05, 0.1) is 0 Å². The molecule has 17 heavy (non-hydrogen) atoms. The Morgan fingerprint density at radius 3 is 2.18 bits per heavy atom. The van der Waals surface area contributed by atoms with E-state index < -0.39 is 0 Å². The summed E-state index contributed by atoms with van der Waals surface area (Å²) in [6, 6.07) is 3.71. The third-order valence-electron chi connectivity index (χ3n) is 4.25. The fraction of sp³-hybridized carbons (Fsp3) is 0.733. The summed E-state index contributed by atoms with van der Waals surface area (Å²) < 4.78 is 0. The molecule has 2 fully saturated rings. The minimum atomic E-state index is 0.533. The summed E-state index contributed by atoms with van der Waals surface area (Å²) in [5.74, 6) is 1.98. The lowest BCUT2D eigenvalue weighted by molar-refractivity contribution is 0.377. The molecule has 0 spiro atoms. The van der Waals surface area contributed by atoms with Gasteiger partial charge in [-0.05, 0) is 69.9 Å². The predicted molar refractivity (Wildman–Crippen MR) is 74.6 cm³/mol. The van der Waals surface area contributed by atoms with Gasteiger partial charge in [-0.25, -0.2) is 0 Å². The standard InChI is InChI=1S/C15H23NS/c1-9-8-14(11(3)17-9)10(2)16-15(12-4-5-12)13-6-7-13/h8,10,12-13,15-16H,4-7H2,1-3H3. The molecule has 0 amide bonds. The second-order valence-electron chi connectivity index (χ2n) is 5.96. The Bertz CT molecular complexity index is 389. The number of hydrogen-bond donors (Lipinski definition) is 1. The minimum Gasteiger partial charge on any atom is -0.307 e. The maximum absolute atomic E-state index is 3.92. The van der Waals surface area contributed by atoms with Crippen LogP contribution in [0.2, 0.25) is 0 Å². The molecule has 0 bridgehead atoms. The van der Waals surface area contributed by atoms with Gasteiger partial charge < -0.3 is 5.32 Å². The van der Waals surface area contributed by atoms with Crippen LogP contribution in [0.1, 0.15) is 54.0 Å². The number of hydrogen-bond acceptors (Lipinski definition) is 2. The molecule has 0 aromatic carbocycles. The summed E-state index contributed by atoms with van der Waals surface area (Å²) in [6.07, 6.45) is 5.84. The topological polar surface area (TPSA) is 12.0 Å². The van der Waals surface area contributed by atoms with Gasteiger partial charge in [0.2, 0.25) is 0 Å². The van der Waals surface area contributed by atoms with E-state index in [1.54, 1.807) is 0 Å². The molecule has 1 atom stereocenters. The molecule has 2 aliphatic carbocycles. The SMILES string of the molecule is Cc1cc(C(C)NC(C2CC2)C2CC2)c(C)s1. The first kappa shape index (κ1) is 11.7. The van der Waals surface area contributed by atoms with E-state index in [1.165, 1.54) is 41.0 Å². The zero-order valence-corrected chi connectivity index (χ0v) is 11.9. The molecule has 0 radical (unpaired) electrons. The number of aryl methyl sites for hydroxylation is 2. The van der Waals surface area contributed by atoms with Gasteiger partial charge in [0.25, 0.3) is 0 Å². The maximum Gasteiger partial charge on any atom is 0.0305 e. The number of nitrogens with one attached hydrogen (secondary N) is 1. The average Bonchev–Trinajstić information content (AvgIpc) is 3.13. The highest BCUT2D eigenvalue weighted by molar-refractivity contribution is 7.12. The van der Waals surface area contributed by atoms with E-state index in [4.69, 9.17) is 0 Å². The van der Waals surface area contributed by atoms with Crippen molar-refractivity contribution in [2.45, 2.75) is 58.5 Å². The van der Waals surface area contributed by atoms with Crippen molar-refractivity contribution >= 4 is 11.3 Å². The van der Waals surface area contributed by atoms with Crippen LogP contribution in [-0.4, -0.2) is 6.04 Å². The molecule has 94 valence electrons. The van der Waals surface area contributed by atoms with Crippen LogP contribution in [0.3, 0.4) is 0 Å². The predicted octanol–water partition coefficient (Wildman–Crippen LogP) is 4.20. The van der Waals surface area contributed by atoms with Crippen molar-refractivity contribution in [1.82, 2.24) is 5.32 Å². The molecule has 0 aliphatic heterocycles. The summed E-state index contributed by atoms with van der Waals surface area (Å²) >= 11 is 1.93. The largest absolute Gasteiger partial charge is 0.307 e. The Kier molecular flexibility index (Phi) is 3.04. The second-order valence-corrected chi connectivity index (χ2v) is 7.42. The number of thiophene rings is 1. The molecule has 1 aromatic heterocycles. The van der Waals surface area contributed by atoms with Crippen molar-refractivity contribution in [2.75, 3.05) is 0 Å². The van der Waals surface area contributed by atoms with Crippen LogP contribution in [-0.2, 0) is 0 Å². The quantitative estimate of drug-likeness (QED) is 0.824. The van der Waals surface area contributed by atoms with Gasteiger partial charge >= 0.3 is 0 Å². The average molecular weight is 249 g/mol. The summed E-state index contributed by atoms with van der Waals surface area (Å²) in [4.78, 5) is 2.94. The third kappa shape index (κ3) is 2.58. The van der Waals surface area contributed by atoms with Crippen LogP contribution >= 0.6 is 11.3 Å². The molecule has 1 heterocycles. The van der Waals surface area contributed by atoms with Crippen molar-refractivity contribution in [3.63, 3.8) is 0 Å². The summed E-state index contributed by atoms with van der Waals surface area (Å²) in [6.45, 7) is 6.81. The zero-order valence-electron chi connectivity index (χ0n) is 11.1. The Morgan fingerprint density at radius 2 is 1.76 bits per heavy atom. The Hall–Kier alpha value is -0.340. The van der Waals surface area contributed by atoms with E-state index in [1.807, 2.05) is 11.3 Å². The Labute approximate surface area is 109 Å². The fourth-order valence-corrected chi connectivity index (χ4v) is 4.05. The van der Waals surface area contributed by atoms with Crippen LogP contribution in [0, 0.1) is 25.7 Å². The monoisotopic (exact) mass is 249 g/mol. The van der Waals surface area contributed by atoms with Crippen LogP contribution in [0.5, 0.6) is 0 Å². The summed E-state index contributed by atoms with van der Waals surface area (Å²) in [7, 11) is 0. The van der Waals surface area contributed by atoms with E-state index in [9.17, 15) is 0 Å². The van der Waals surface area contributed by atoms with Gasteiger partial charge in [0.1, 0.15) is 0 Å².